The van der Waals surface area contributed by atoms with Gasteiger partial charge in [-0.25, -0.2) is 4.98 Å². The first kappa shape index (κ1) is 11.8. The average Bonchev–Trinajstić information content (AvgIpc) is 2.28. The van der Waals surface area contributed by atoms with Crippen molar-refractivity contribution in [3.05, 3.63) is 52.2 Å². The van der Waals surface area contributed by atoms with Crippen molar-refractivity contribution in [2.24, 2.45) is 0 Å². The molecule has 0 bridgehead atoms. The lowest BCUT2D eigenvalue weighted by molar-refractivity contribution is -0.385. The van der Waals surface area contributed by atoms with Crippen molar-refractivity contribution in [3.8, 4) is 0 Å². The van der Waals surface area contributed by atoms with E-state index < -0.39 is 4.92 Å². The number of nitrogens with zero attached hydrogens (tertiary/aromatic N) is 2. The van der Waals surface area contributed by atoms with Gasteiger partial charge in [0.2, 0.25) is 0 Å². The van der Waals surface area contributed by atoms with Gasteiger partial charge < -0.3 is 11.1 Å². The molecule has 0 aliphatic carbocycles. The van der Waals surface area contributed by atoms with Crippen LogP contribution >= 0.6 is 0 Å². The van der Waals surface area contributed by atoms with Crippen LogP contribution in [0.3, 0.4) is 0 Å². The largest absolute Gasteiger partial charge is 0.399 e. The maximum atomic E-state index is 10.7. The number of aromatic nitrogens is 1. The Morgan fingerprint density at radius 2 is 2.11 bits per heavy atom. The zero-order valence-corrected chi connectivity index (χ0v) is 9.75. The number of rotatable bonds is 3. The number of pyridine rings is 1. The van der Waals surface area contributed by atoms with Gasteiger partial charge in [-0.3, -0.25) is 10.1 Å². The first-order valence-electron chi connectivity index (χ1n) is 5.31. The quantitative estimate of drug-likeness (QED) is 0.491. The van der Waals surface area contributed by atoms with E-state index in [1.807, 2.05) is 12.1 Å². The van der Waals surface area contributed by atoms with Crippen LogP contribution in [-0.4, -0.2) is 9.91 Å². The number of nitro groups is 1. The monoisotopic (exact) mass is 244 g/mol. The lowest BCUT2D eigenvalue weighted by Gasteiger charge is -2.07. The summed E-state index contributed by atoms with van der Waals surface area (Å²) in [5.74, 6) is 0.545. The van der Waals surface area contributed by atoms with Gasteiger partial charge in [-0.15, -0.1) is 0 Å². The van der Waals surface area contributed by atoms with Gasteiger partial charge in [0.1, 0.15) is 11.5 Å². The maximum Gasteiger partial charge on any atom is 0.290 e. The summed E-state index contributed by atoms with van der Waals surface area (Å²) >= 11 is 0. The third kappa shape index (κ3) is 2.54. The number of anilines is 3. The normalized spacial score (nSPS) is 10.1. The van der Waals surface area contributed by atoms with Crippen LogP contribution in [0.1, 0.15) is 5.69 Å². The summed E-state index contributed by atoms with van der Waals surface area (Å²) in [6.45, 7) is 1.60. The number of aryl methyl sites for hydroxylation is 1. The van der Waals surface area contributed by atoms with Crippen molar-refractivity contribution >= 4 is 22.9 Å². The molecule has 1 aromatic heterocycles. The minimum atomic E-state index is -0.452. The van der Waals surface area contributed by atoms with Crippen LogP contribution in [0.2, 0.25) is 0 Å². The topological polar surface area (TPSA) is 94.1 Å². The Bertz CT molecular complexity index is 598. The number of nitrogens with one attached hydrogen (secondary N) is 1. The van der Waals surface area contributed by atoms with Crippen molar-refractivity contribution in [3.63, 3.8) is 0 Å². The van der Waals surface area contributed by atoms with E-state index in [1.165, 1.54) is 6.07 Å². The van der Waals surface area contributed by atoms with Gasteiger partial charge in [0.15, 0.2) is 0 Å². The molecule has 0 atom stereocenters. The molecule has 2 rings (SSSR count). The molecule has 6 nitrogen and oxygen atoms in total. The zero-order chi connectivity index (χ0) is 13.1. The highest BCUT2D eigenvalue weighted by Gasteiger charge is 2.11. The van der Waals surface area contributed by atoms with Crippen LogP contribution in [0.5, 0.6) is 0 Å². The molecule has 3 N–H and O–H groups in total. The molecule has 2 aromatic rings. The highest BCUT2D eigenvalue weighted by atomic mass is 16.6. The Labute approximate surface area is 104 Å². The van der Waals surface area contributed by atoms with E-state index in [1.54, 1.807) is 25.1 Å². The molecule has 1 heterocycles. The van der Waals surface area contributed by atoms with Gasteiger partial charge >= 0.3 is 0 Å². The zero-order valence-electron chi connectivity index (χ0n) is 9.75. The van der Waals surface area contributed by atoms with Crippen molar-refractivity contribution in [2.75, 3.05) is 11.1 Å². The molecule has 0 aliphatic heterocycles. The second-order valence-corrected chi connectivity index (χ2v) is 3.81. The van der Waals surface area contributed by atoms with Crippen LogP contribution in [0, 0.1) is 17.0 Å². The number of hydrogen-bond acceptors (Lipinski definition) is 5. The fourth-order valence-electron chi connectivity index (χ4n) is 1.58. The van der Waals surface area contributed by atoms with Crippen LogP contribution in [-0.2, 0) is 0 Å². The molecule has 6 heteroatoms. The van der Waals surface area contributed by atoms with Gasteiger partial charge in [-0.1, -0.05) is 6.07 Å². The van der Waals surface area contributed by atoms with E-state index in [2.05, 4.69) is 10.3 Å². The van der Waals surface area contributed by atoms with E-state index in [0.717, 1.165) is 5.69 Å². The summed E-state index contributed by atoms with van der Waals surface area (Å²) in [5, 5.41) is 13.7. The fourth-order valence-corrected chi connectivity index (χ4v) is 1.58. The molecular formula is C12H12N4O2. The molecule has 0 unspecified atom stereocenters. The summed E-state index contributed by atoms with van der Waals surface area (Å²) in [6.07, 6.45) is 0. The number of nitrogen functional groups attached to an aromatic ring is 1. The molecule has 0 amide bonds. The minimum Gasteiger partial charge on any atom is -0.399 e. The lowest BCUT2D eigenvalue weighted by Crippen LogP contribution is -1.99. The standard InChI is InChI=1S/C12H12N4O2/c1-8-11(16(17)18)5-6-12(14-8)15-10-4-2-3-9(13)7-10/h2-7H,13H2,1H3,(H,14,15). The van der Waals surface area contributed by atoms with Crippen LogP contribution in [0.25, 0.3) is 0 Å². The van der Waals surface area contributed by atoms with E-state index in [9.17, 15) is 10.1 Å². The number of benzene rings is 1. The van der Waals surface area contributed by atoms with E-state index in [4.69, 9.17) is 5.73 Å². The third-order valence-corrected chi connectivity index (χ3v) is 2.41. The Balaban J connectivity index is 2.25. The van der Waals surface area contributed by atoms with Gasteiger partial charge in [0.25, 0.3) is 5.69 Å². The van der Waals surface area contributed by atoms with Crippen LogP contribution in [0.15, 0.2) is 36.4 Å². The van der Waals surface area contributed by atoms with Crippen molar-refractivity contribution in [1.29, 1.82) is 0 Å². The molecule has 0 spiro atoms. The summed E-state index contributed by atoms with van der Waals surface area (Å²) < 4.78 is 0. The second-order valence-electron chi connectivity index (χ2n) is 3.81. The minimum absolute atomic E-state index is 0.00752. The Kier molecular flexibility index (Phi) is 3.09. The smallest absolute Gasteiger partial charge is 0.290 e. The predicted octanol–water partition coefficient (Wildman–Crippen LogP) is 2.62. The molecular weight excluding hydrogens is 232 g/mol. The SMILES string of the molecule is Cc1nc(Nc2cccc(N)c2)ccc1[N+](=O)[O-]. The van der Waals surface area contributed by atoms with E-state index in [-0.39, 0.29) is 5.69 Å². The summed E-state index contributed by atoms with van der Waals surface area (Å²) in [6, 6.07) is 10.2. The molecule has 18 heavy (non-hydrogen) atoms. The Hall–Kier alpha value is -2.63. The summed E-state index contributed by atoms with van der Waals surface area (Å²) in [5.41, 5.74) is 7.46. The molecule has 92 valence electrons. The molecule has 0 radical (unpaired) electrons. The van der Waals surface area contributed by atoms with Crippen LogP contribution < -0.4 is 11.1 Å². The second kappa shape index (κ2) is 4.70. The molecule has 0 aliphatic rings. The first-order chi connectivity index (χ1) is 8.56. The van der Waals surface area contributed by atoms with Gasteiger partial charge in [0, 0.05) is 17.4 Å². The lowest BCUT2D eigenvalue weighted by atomic mass is 10.2. The summed E-state index contributed by atoms with van der Waals surface area (Å²) in [4.78, 5) is 14.3. The van der Waals surface area contributed by atoms with Gasteiger partial charge in [-0.2, -0.15) is 0 Å². The highest BCUT2D eigenvalue weighted by molar-refractivity contribution is 5.62. The van der Waals surface area contributed by atoms with Crippen LogP contribution in [0.4, 0.5) is 22.9 Å². The molecule has 1 aromatic carbocycles. The Morgan fingerprint density at radius 3 is 2.72 bits per heavy atom. The number of nitrogens with two attached hydrogens (primary N) is 1. The van der Waals surface area contributed by atoms with Crippen molar-refractivity contribution in [2.45, 2.75) is 6.92 Å². The maximum absolute atomic E-state index is 10.7. The predicted molar refractivity (Wildman–Crippen MR) is 69.8 cm³/mol. The highest BCUT2D eigenvalue weighted by Crippen LogP contribution is 2.21. The molecule has 0 saturated heterocycles. The Morgan fingerprint density at radius 1 is 1.33 bits per heavy atom. The van der Waals surface area contributed by atoms with Crippen molar-refractivity contribution < 1.29 is 4.92 Å². The molecule has 0 saturated carbocycles. The van der Waals surface area contributed by atoms with E-state index in [0.29, 0.717) is 17.2 Å². The van der Waals surface area contributed by atoms with E-state index >= 15 is 0 Å². The third-order valence-electron chi connectivity index (χ3n) is 2.41. The van der Waals surface area contributed by atoms with Crippen molar-refractivity contribution in [1.82, 2.24) is 4.98 Å². The first-order valence-corrected chi connectivity index (χ1v) is 5.31. The number of hydrogen-bond donors (Lipinski definition) is 2. The summed E-state index contributed by atoms with van der Waals surface area (Å²) in [7, 11) is 0. The van der Waals surface area contributed by atoms with Gasteiger partial charge in [0.05, 0.1) is 4.92 Å². The fraction of sp³-hybridized carbons (Fsp3) is 0.0833. The average molecular weight is 244 g/mol. The molecule has 0 fully saturated rings. The van der Waals surface area contributed by atoms with Gasteiger partial charge in [-0.05, 0) is 31.2 Å².